The van der Waals surface area contributed by atoms with Crippen LogP contribution in [0.3, 0.4) is 0 Å². The lowest BCUT2D eigenvalue weighted by atomic mass is 10.1. The fourth-order valence-corrected chi connectivity index (χ4v) is 4.39. The largest absolute Gasteiger partial charge is 0.479 e. The normalized spacial score (nSPS) is 11.7. The third-order valence-corrected chi connectivity index (χ3v) is 6.12. The molecule has 0 fully saturated rings. The summed E-state index contributed by atoms with van der Waals surface area (Å²) in [5.41, 5.74) is 3.89. The van der Waals surface area contributed by atoms with E-state index in [0.29, 0.717) is 11.3 Å². The zero-order chi connectivity index (χ0) is 28.1. The van der Waals surface area contributed by atoms with Gasteiger partial charge in [-0.1, -0.05) is 0 Å². The third kappa shape index (κ3) is 4.73. The van der Waals surface area contributed by atoms with Crippen molar-refractivity contribution < 1.29 is 53.9 Å². The summed E-state index contributed by atoms with van der Waals surface area (Å²) in [6.07, 6.45) is -4.77. The quantitative estimate of drug-likeness (QED) is 0.174. The van der Waals surface area contributed by atoms with Crippen LogP contribution in [-0.4, -0.2) is 16.8 Å². The van der Waals surface area contributed by atoms with E-state index in [1.165, 1.54) is 6.92 Å². The van der Waals surface area contributed by atoms with Gasteiger partial charge >= 0.3 is 6.18 Å². The van der Waals surface area contributed by atoms with Gasteiger partial charge in [0.15, 0.2) is 11.5 Å². The van der Waals surface area contributed by atoms with Crippen LogP contribution in [0.4, 0.5) is 40.8 Å². The number of primary amides is 1. The maximum absolute atomic E-state index is 13.8. The fourth-order valence-electron chi connectivity index (χ4n) is 3.33. The summed E-state index contributed by atoms with van der Waals surface area (Å²) >= 11 is 0.521. The zero-order valence-electron chi connectivity index (χ0n) is 18.5. The van der Waals surface area contributed by atoms with Crippen LogP contribution < -0.4 is 15.8 Å². The second-order valence-electron chi connectivity index (χ2n) is 7.58. The first-order valence-electron chi connectivity index (χ1n) is 10.1. The minimum atomic E-state index is -4.77. The number of ether oxygens (including phenoxy) is 1. The number of pyridine rings is 1. The standard InChI is InChI=1S/C22H11F8N3O4S/c1-6-4-9(22(28,29)30)32-21-10(6)16(18(38-21)19(31)34)33-20(35)8-3-2-7(37-8)5-36-17-14(26)12(24)11(23)13(25)15(17)27/h2-4H,5H2,1H3,(H2,31,34)(H,33,35). The lowest BCUT2D eigenvalue weighted by molar-refractivity contribution is -0.141. The van der Waals surface area contributed by atoms with Crippen LogP contribution in [0.5, 0.6) is 5.75 Å². The van der Waals surface area contributed by atoms with Crippen molar-refractivity contribution in [3.8, 4) is 5.75 Å². The van der Waals surface area contributed by atoms with Gasteiger partial charge in [0.05, 0.1) is 5.69 Å². The van der Waals surface area contributed by atoms with Crippen molar-refractivity contribution in [3.63, 3.8) is 0 Å². The molecule has 16 heteroatoms. The molecule has 3 heterocycles. The highest BCUT2D eigenvalue weighted by Crippen LogP contribution is 2.40. The Morgan fingerprint density at radius 1 is 1.05 bits per heavy atom. The smallest absolute Gasteiger partial charge is 0.433 e. The minimum absolute atomic E-state index is 0.0200. The molecule has 0 aliphatic rings. The molecule has 200 valence electrons. The molecule has 3 aromatic heterocycles. The molecule has 1 aromatic carbocycles. The maximum Gasteiger partial charge on any atom is 0.433 e. The van der Waals surface area contributed by atoms with E-state index in [0.717, 1.165) is 18.2 Å². The lowest BCUT2D eigenvalue weighted by Gasteiger charge is -2.09. The number of halogens is 8. The summed E-state index contributed by atoms with van der Waals surface area (Å²) in [5.74, 6) is -15.6. The number of nitrogens with one attached hydrogen (secondary N) is 1. The van der Waals surface area contributed by atoms with Gasteiger partial charge in [0.2, 0.25) is 29.1 Å². The molecule has 0 saturated heterocycles. The average molecular weight is 565 g/mol. The highest BCUT2D eigenvalue weighted by atomic mass is 32.1. The van der Waals surface area contributed by atoms with E-state index in [1.54, 1.807) is 0 Å². The Morgan fingerprint density at radius 2 is 1.66 bits per heavy atom. The van der Waals surface area contributed by atoms with E-state index in [9.17, 15) is 44.7 Å². The van der Waals surface area contributed by atoms with E-state index < -0.39 is 70.9 Å². The molecule has 7 nitrogen and oxygen atoms in total. The van der Waals surface area contributed by atoms with Gasteiger partial charge in [-0.15, -0.1) is 11.3 Å². The number of amides is 2. The summed E-state index contributed by atoms with van der Waals surface area (Å²) in [6.45, 7) is 0.441. The number of aryl methyl sites for hydroxylation is 1. The summed E-state index contributed by atoms with van der Waals surface area (Å²) in [7, 11) is 0. The van der Waals surface area contributed by atoms with Crippen LogP contribution in [0.15, 0.2) is 22.6 Å². The number of carbonyl (C=O) groups is 2. The van der Waals surface area contributed by atoms with Crippen LogP contribution >= 0.6 is 11.3 Å². The van der Waals surface area contributed by atoms with Crippen molar-refractivity contribution in [3.05, 3.63) is 74.9 Å². The number of alkyl halides is 3. The molecule has 0 spiro atoms. The Kier molecular flexibility index (Phi) is 6.77. The molecule has 3 N–H and O–H groups in total. The molecule has 0 unspecified atom stereocenters. The first-order valence-corrected chi connectivity index (χ1v) is 10.9. The Balaban J connectivity index is 1.60. The van der Waals surface area contributed by atoms with Crippen molar-refractivity contribution in [2.24, 2.45) is 5.73 Å². The number of rotatable bonds is 6. The first-order chi connectivity index (χ1) is 17.7. The first kappa shape index (κ1) is 26.8. The second kappa shape index (κ2) is 9.59. The summed E-state index contributed by atoms with van der Waals surface area (Å²) < 4.78 is 117. The summed E-state index contributed by atoms with van der Waals surface area (Å²) in [5, 5.41) is 2.33. The molecule has 0 radical (unpaired) electrons. The number of aromatic nitrogens is 1. The zero-order valence-corrected chi connectivity index (χ0v) is 19.3. The molecule has 0 aliphatic carbocycles. The second-order valence-corrected chi connectivity index (χ2v) is 8.58. The van der Waals surface area contributed by atoms with Crippen molar-refractivity contribution in [1.82, 2.24) is 4.98 Å². The third-order valence-electron chi connectivity index (χ3n) is 5.03. The van der Waals surface area contributed by atoms with Crippen LogP contribution in [0.25, 0.3) is 10.2 Å². The number of benzene rings is 1. The van der Waals surface area contributed by atoms with Gasteiger partial charge in [-0.3, -0.25) is 9.59 Å². The topological polar surface area (TPSA) is 107 Å². The van der Waals surface area contributed by atoms with Crippen LogP contribution in [-0.2, 0) is 12.8 Å². The van der Waals surface area contributed by atoms with E-state index >= 15 is 0 Å². The van der Waals surface area contributed by atoms with E-state index in [1.807, 2.05) is 0 Å². The van der Waals surface area contributed by atoms with Crippen molar-refractivity contribution >= 4 is 39.1 Å². The summed E-state index contributed by atoms with van der Waals surface area (Å²) in [6, 6.07) is 2.86. The van der Waals surface area contributed by atoms with Crippen molar-refractivity contribution in [2.45, 2.75) is 19.7 Å². The van der Waals surface area contributed by atoms with Gasteiger partial charge in [0.1, 0.15) is 27.8 Å². The number of thiophene rings is 1. The minimum Gasteiger partial charge on any atom is -0.479 e. The number of nitrogens with zero attached hydrogens (tertiary/aromatic N) is 1. The molecular weight excluding hydrogens is 554 g/mol. The van der Waals surface area contributed by atoms with E-state index in [-0.39, 0.29) is 32.1 Å². The maximum atomic E-state index is 13.8. The predicted octanol–water partition coefficient (Wildman–Crippen LogP) is 5.84. The van der Waals surface area contributed by atoms with Gasteiger partial charge in [-0.05, 0) is 30.7 Å². The molecule has 4 aromatic rings. The van der Waals surface area contributed by atoms with Gasteiger partial charge in [-0.2, -0.15) is 22.0 Å². The van der Waals surface area contributed by atoms with Crippen molar-refractivity contribution in [2.75, 3.05) is 5.32 Å². The molecule has 0 bridgehead atoms. The van der Waals surface area contributed by atoms with Gasteiger partial charge in [0.25, 0.3) is 11.8 Å². The average Bonchev–Trinajstić information content (AvgIpc) is 3.46. The number of anilines is 1. The Bertz CT molecular complexity index is 1580. The number of hydrogen-bond donors (Lipinski definition) is 2. The molecule has 0 saturated carbocycles. The summed E-state index contributed by atoms with van der Waals surface area (Å²) in [4.78, 5) is 27.6. The predicted molar refractivity (Wildman–Crippen MR) is 115 cm³/mol. The SMILES string of the molecule is Cc1cc(C(F)(F)F)nc2sc(C(N)=O)c(NC(=O)c3ccc(COc4c(F)c(F)c(F)c(F)c4F)o3)c12. The number of fused-ring (bicyclic) bond motifs is 1. The Hall–Kier alpha value is -4.21. The number of carbonyl (C=O) groups excluding carboxylic acids is 2. The Labute approximate surface area is 209 Å². The number of furan rings is 1. The molecular formula is C22H11F8N3O4S. The number of hydrogen-bond acceptors (Lipinski definition) is 6. The van der Waals surface area contributed by atoms with Crippen molar-refractivity contribution in [1.29, 1.82) is 0 Å². The fraction of sp³-hybridized carbons (Fsp3) is 0.136. The van der Waals surface area contributed by atoms with E-state index in [2.05, 4.69) is 15.0 Å². The van der Waals surface area contributed by atoms with Gasteiger partial charge < -0.3 is 20.2 Å². The van der Waals surface area contributed by atoms with Crippen LogP contribution in [0, 0.1) is 36.0 Å². The van der Waals surface area contributed by atoms with E-state index in [4.69, 9.17) is 10.2 Å². The number of nitrogens with two attached hydrogens (primary N) is 1. The van der Waals surface area contributed by atoms with Gasteiger partial charge in [-0.25, -0.2) is 18.2 Å². The highest BCUT2D eigenvalue weighted by Gasteiger charge is 2.34. The lowest BCUT2D eigenvalue weighted by Crippen LogP contribution is -2.16. The van der Waals surface area contributed by atoms with Crippen LogP contribution in [0.1, 0.15) is 37.2 Å². The highest BCUT2D eigenvalue weighted by molar-refractivity contribution is 7.21. The molecule has 38 heavy (non-hydrogen) atoms. The monoisotopic (exact) mass is 565 g/mol. The van der Waals surface area contributed by atoms with Gasteiger partial charge in [0, 0.05) is 5.39 Å². The van der Waals surface area contributed by atoms with Crippen LogP contribution in [0.2, 0.25) is 0 Å². The molecule has 0 atom stereocenters. The Morgan fingerprint density at radius 3 is 2.24 bits per heavy atom. The molecule has 2 amide bonds. The molecule has 0 aliphatic heterocycles. The molecule has 4 rings (SSSR count).